The Morgan fingerprint density at radius 2 is 2.17 bits per heavy atom. The number of carbonyl (C=O) groups excluding carboxylic acids is 1. The summed E-state index contributed by atoms with van der Waals surface area (Å²) in [4.78, 5) is 20.9. The Balaban J connectivity index is 2.01. The third-order valence-electron chi connectivity index (χ3n) is 2.13. The highest BCUT2D eigenvalue weighted by atomic mass is 35.5. The highest BCUT2D eigenvalue weighted by Gasteiger charge is 2.09. The topological polar surface area (TPSA) is 54.9 Å². The molecule has 1 amide bonds. The average Bonchev–Trinajstić information content (AvgIpc) is 2.75. The van der Waals surface area contributed by atoms with Gasteiger partial charge in [0, 0.05) is 17.3 Å². The lowest BCUT2D eigenvalue weighted by Gasteiger charge is -2.03. The number of nitrogens with one attached hydrogen (secondary N) is 1. The molecular weight excluding hydrogens is 293 g/mol. The summed E-state index contributed by atoms with van der Waals surface area (Å²) in [6.07, 6.45) is 3.16. The van der Waals surface area contributed by atoms with E-state index in [2.05, 4.69) is 15.3 Å². The van der Waals surface area contributed by atoms with Crippen LogP contribution in [0.4, 0.5) is 0 Å². The van der Waals surface area contributed by atoms with E-state index in [9.17, 15) is 4.79 Å². The van der Waals surface area contributed by atoms with E-state index in [1.54, 1.807) is 17.5 Å². The van der Waals surface area contributed by atoms with Crippen LogP contribution in [0, 0.1) is 6.92 Å². The number of halogens is 2. The van der Waals surface area contributed by atoms with E-state index in [0.717, 1.165) is 9.88 Å². The minimum Gasteiger partial charge on any atom is -0.345 e. The van der Waals surface area contributed by atoms with E-state index in [4.69, 9.17) is 23.2 Å². The second-order valence-corrected chi connectivity index (χ2v) is 5.63. The molecule has 0 saturated carbocycles. The van der Waals surface area contributed by atoms with E-state index in [0.29, 0.717) is 12.1 Å². The van der Waals surface area contributed by atoms with E-state index >= 15 is 0 Å². The molecular formula is C11H9Cl2N3OS. The van der Waals surface area contributed by atoms with E-state index < -0.39 is 0 Å². The fraction of sp³-hybridized carbons (Fsp3) is 0.182. The molecule has 2 aromatic heterocycles. The summed E-state index contributed by atoms with van der Waals surface area (Å²) in [5.41, 5.74) is 0.373. The first-order valence-electron chi connectivity index (χ1n) is 5.07. The zero-order valence-corrected chi connectivity index (χ0v) is 11.7. The van der Waals surface area contributed by atoms with Crippen molar-refractivity contribution in [2.75, 3.05) is 0 Å². The predicted octanol–water partition coefficient (Wildman–Crippen LogP) is 3.08. The number of carbonyl (C=O) groups is 1. The predicted molar refractivity (Wildman–Crippen MR) is 72.3 cm³/mol. The van der Waals surface area contributed by atoms with Gasteiger partial charge in [-0.05, 0) is 13.0 Å². The van der Waals surface area contributed by atoms with E-state index in [1.165, 1.54) is 12.3 Å². The summed E-state index contributed by atoms with van der Waals surface area (Å²) in [6, 6.07) is 1.49. The molecule has 0 saturated heterocycles. The van der Waals surface area contributed by atoms with Crippen molar-refractivity contribution < 1.29 is 4.79 Å². The number of thiazole rings is 1. The van der Waals surface area contributed by atoms with Crippen molar-refractivity contribution in [3.63, 3.8) is 0 Å². The smallest absolute Gasteiger partial charge is 0.253 e. The van der Waals surface area contributed by atoms with Crippen LogP contribution in [0.1, 0.15) is 20.2 Å². The van der Waals surface area contributed by atoms with Crippen LogP contribution in [0.15, 0.2) is 18.5 Å². The first-order valence-corrected chi connectivity index (χ1v) is 6.64. The van der Waals surface area contributed by atoms with E-state index in [1.807, 2.05) is 6.92 Å². The first-order chi connectivity index (χ1) is 8.56. The van der Waals surface area contributed by atoms with Gasteiger partial charge in [-0.1, -0.05) is 23.2 Å². The van der Waals surface area contributed by atoms with Gasteiger partial charge in [-0.2, -0.15) is 0 Å². The second-order valence-electron chi connectivity index (χ2n) is 3.54. The maximum atomic E-state index is 11.8. The van der Waals surface area contributed by atoms with Crippen LogP contribution in [-0.2, 0) is 6.54 Å². The van der Waals surface area contributed by atoms with Crippen LogP contribution in [0.25, 0.3) is 0 Å². The Morgan fingerprint density at radius 1 is 1.39 bits per heavy atom. The van der Waals surface area contributed by atoms with Gasteiger partial charge < -0.3 is 5.32 Å². The monoisotopic (exact) mass is 301 g/mol. The Morgan fingerprint density at radius 3 is 2.78 bits per heavy atom. The molecule has 2 aromatic rings. The Labute approximate surface area is 118 Å². The number of hydrogen-bond donors (Lipinski definition) is 1. The molecule has 0 aliphatic heterocycles. The Kier molecular flexibility index (Phi) is 4.16. The summed E-state index contributed by atoms with van der Waals surface area (Å²) < 4.78 is 0. The SMILES string of the molecule is Cc1cnc(CNC(=O)c2cnc(Cl)c(Cl)c2)s1. The number of hydrogen-bond acceptors (Lipinski definition) is 4. The van der Waals surface area contributed by atoms with Crippen molar-refractivity contribution in [1.29, 1.82) is 0 Å². The number of amides is 1. The molecule has 1 N–H and O–H groups in total. The van der Waals surface area contributed by atoms with Gasteiger partial charge in [0.15, 0.2) is 0 Å². The van der Waals surface area contributed by atoms with Gasteiger partial charge in [-0.25, -0.2) is 9.97 Å². The minimum atomic E-state index is -0.256. The molecule has 0 atom stereocenters. The number of aromatic nitrogens is 2. The third-order valence-corrected chi connectivity index (χ3v) is 3.73. The van der Waals surface area contributed by atoms with Crippen LogP contribution < -0.4 is 5.32 Å². The molecule has 0 aliphatic rings. The van der Waals surface area contributed by atoms with Crippen molar-refractivity contribution in [2.45, 2.75) is 13.5 Å². The van der Waals surface area contributed by atoms with Crippen molar-refractivity contribution in [3.8, 4) is 0 Å². The Bertz CT molecular complexity index is 585. The fourth-order valence-corrected chi connectivity index (χ4v) is 2.28. The molecule has 0 bridgehead atoms. The summed E-state index contributed by atoms with van der Waals surface area (Å²) >= 11 is 13.0. The van der Waals surface area contributed by atoms with Gasteiger partial charge in [-0.3, -0.25) is 4.79 Å². The maximum Gasteiger partial charge on any atom is 0.253 e. The van der Waals surface area contributed by atoms with Gasteiger partial charge >= 0.3 is 0 Å². The van der Waals surface area contributed by atoms with Crippen LogP contribution >= 0.6 is 34.5 Å². The normalized spacial score (nSPS) is 10.4. The average molecular weight is 302 g/mol. The van der Waals surface area contributed by atoms with Gasteiger partial charge in [0.05, 0.1) is 17.1 Å². The van der Waals surface area contributed by atoms with Crippen molar-refractivity contribution in [1.82, 2.24) is 15.3 Å². The van der Waals surface area contributed by atoms with Gasteiger partial charge in [0.25, 0.3) is 5.91 Å². The van der Waals surface area contributed by atoms with Crippen LogP contribution in [-0.4, -0.2) is 15.9 Å². The lowest BCUT2D eigenvalue weighted by atomic mass is 10.3. The van der Waals surface area contributed by atoms with Gasteiger partial charge in [-0.15, -0.1) is 11.3 Å². The van der Waals surface area contributed by atoms with Crippen LogP contribution in [0.5, 0.6) is 0 Å². The molecule has 7 heteroatoms. The first kappa shape index (κ1) is 13.3. The zero-order valence-electron chi connectivity index (χ0n) is 9.41. The molecule has 94 valence electrons. The standard InChI is InChI=1S/C11H9Cl2N3OS/c1-6-3-14-9(18-6)5-16-11(17)7-2-8(12)10(13)15-4-7/h2-4H,5H2,1H3,(H,16,17). The van der Waals surface area contributed by atoms with E-state index in [-0.39, 0.29) is 16.1 Å². The summed E-state index contributed by atoms with van der Waals surface area (Å²) in [7, 11) is 0. The highest BCUT2D eigenvalue weighted by molar-refractivity contribution is 7.11. The molecule has 4 nitrogen and oxygen atoms in total. The van der Waals surface area contributed by atoms with Crippen LogP contribution in [0.3, 0.4) is 0 Å². The largest absolute Gasteiger partial charge is 0.345 e. The quantitative estimate of drug-likeness (QED) is 0.886. The number of pyridine rings is 1. The molecule has 0 radical (unpaired) electrons. The second kappa shape index (κ2) is 5.65. The molecule has 0 aromatic carbocycles. The molecule has 0 fully saturated rings. The molecule has 2 heterocycles. The molecule has 2 rings (SSSR count). The maximum absolute atomic E-state index is 11.8. The van der Waals surface area contributed by atoms with Crippen molar-refractivity contribution in [2.24, 2.45) is 0 Å². The van der Waals surface area contributed by atoms with Gasteiger partial charge in [0.1, 0.15) is 10.2 Å². The highest BCUT2D eigenvalue weighted by Crippen LogP contribution is 2.19. The zero-order chi connectivity index (χ0) is 13.1. The summed E-state index contributed by atoms with van der Waals surface area (Å²) in [5.74, 6) is -0.256. The van der Waals surface area contributed by atoms with Crippen molar-refractivity contribution >= 4 is 40.4 Å². The summed E-state index contributed by atoms with van der Waals surface area (Å²) in [5, 5.41) is 4.04. The fourth-order valence-electron chi connectivity index (χ4n) is 1.29. The van der Waals surface area contributed by atoms with Crippen molar-refractivity contribution in [3.05, 3.63) is 44.1 Å². The lowest BCUT2D eigenvalue weighted by molar-refractivity contribution is 0.0950. The number of rotatable bonds is 3. The number of nitrogens with zero attached hydrogens (tertiary/aromatic N) is 2. The molecule has 0 spiro atoms. The molecule has 18 heavy (non-hydrogen) atoms. The molecule has 0 aliphatic carbocycles. The molecule has 0 unspecified atom stereocenters. The van der Waals surface area contributed by atoms with Gasteiger partial charge in [0.2, 0.25) is 0 Å². The minimum absolute atomic E-state index is 0.184. The third kappa shape index (κ3) is 3.19. The number of aryl methyl sites for hydroxylation is 1. The Hall–Kier alpha value is -1.17. The van der Waals surface area contributed by atoms with Crippen LogP contribution in [0.2, 0.25) is 10.2 Å². The summed E-state index contributed by atoms with van der Waals surface area (Å²) in [6.45, 7) is 2.35. The lowest BCUT2D eigenvalue weighted by Crippen LogP contribution is -2.22.